The maximum absolute atomic E-state index is 11.8. The predicted octanol–water partition coefficient (Wildman–Crippen LogP) is 2.98. The number of aromatic nitrogens is 2. The largest absolute Gasteiger partial charge is 0.493 e. The highest BCUT2D eigenvalue weighted by Gasteiger charge is 2.15. The first-order chi connectivity index (χ1) is 7.99. The standard InChI is InChI=1S/C11H11ClN2O2S/c1-5(2)8-10(15)13-9(14-11(8)16)7-3-6(12)4-17-7/h3-5H,1-2H3,(H2,13,14,15,16). The Hall–Kier alpha value is -1.33. The minimum atomic E-state index is -0.313. The molecule has 17 heavy (non-hydrogen) atoms. The summed E-state index contributed by atoms with van der Waals surface area (Å²) in [6.07, 6.45) is 0. The lowest BCUT2D eigenvalue weighted by atomic mass is 10.1. The molecule has 2 rings (SSSR count). The number of hydrogen-bond donors (Lipinski definition) is 2. The lowest BCUT2D eigenvalue weighted by molar-refractivity contribution is 0.440. The van der Waals surface area contributed by atoms with Crippen LogP contribution in [0.15, 0.2) is 16.2 Å². The third-order valence-electron chi connectivity index (χ3n) is 2.31. The molecular weight excluding hydrogens is 260 g/mol. The molecule has 2 aromatic rings. The van der Waals surface area contributed by atoms with Crippen LogP contribution < -0.4 is 5.56 Å². The van der Waals surface area contributed by atoms with Crippen molar-refractivity contribution >= 4 is 22.9 Å². The van der Waals surface area contributed by atoms with E-state index < -0.39 is 0 Å². The summed E-state index contributed by atoms with van der Waals surface area (Å²) in [5.74, 6) is 0.0456. The van der Waals surface area contributed by atoms with Gasteiger partial charge in [-0.1, -0.05) is 25.4 Å². The normalized spacial score (nSPS) is 11.1. The number of nitrogens with zero attached hydrogens (tertiary/aromatic N) is 1. The molecule has 0 aromatic carbocycles. The van der Waals surface area contributed by atoms with Crippen LogP contribution in [0.5, 0.6) is 5.88 Å². The van der Waals surface area contributed by atoms with E-state index in [1.54, 1.807) is 11.4 Å². The van der Waals surface area contributed by atoms with Gasteiger partial charge in [-0.25, -0.2) is 0 Å². The molecule has 0 aliphatic rings. The van der Waals surface area contributed by atoms with Gasteiger partial charge in [-0.3, -0.25) is 4.79 Å². The Morgan fingerprint density at radius 1 is 1.53 bits per heavy atom. The molecule has 0 radical (unpaired) electrons. The summed E-state index contributed by atoms with van der Waals surface area (Å²) in [7, 11) is 0. The number of hydrogen-bond acceptors (Lipinski definition) is 4. The lowest BCUT2D eigenvalue weighted by Crippen LogP contribution is -2.16. The minimum absolute atomic E-state index is 0.0766. The molecule has 0 atom stereocenters. The molecule has 4 nitrogen and oxygen atoms in total. The molecule has 2 N–H and O–H groups in total. The first-order valence-corrected chi connectivity index (χ1v) is 6.32. The lowest BCUT2D eigenvalue weighted by Gasteiger charge is -2.07. The van der Waals surface area contributed by atoms with Crippen LogP contribution in [0, 0.1) is 0 Å². The van der Waals surface area contributed by atoms with E-state index in [0.29, 0.717) is 16.4 Å². The number of H-pyrrole nitrogens is 1. The number of aromatic hydroxyl groups is 1. The summed E-state index contributed by atoms with van der Waals surface area (Å²) in [5, 5.41) is 12.1. The van der Waals surface area contributed by atoms with E-state index in [0.717, 1.165) is 4.88 Å². The van der Waals surface area contributed by atoms with E-state index in [2.05, 4.69) is 9.97 Å². The summed E-state index contributed by atoms with van der Waals surface area (Å²) in [5.41, 5.74) is -0.0107. The minimum Gasteiger partial charge on any atom is -0.493 e. The van der Waals surface area contributed by atoms with Gasteiger partial charge in [-0.15, -0.1) is 11.3 Å². The summed E-state index contributed by atoms with van der Waals surface area (Å²) in [6, 6.07) is 1.69. The first kappa shape index (κ1) is 12.1. The molecule has 6 heteroatoms. The second-order valence-electron chi connectivity index (χ2n) is 3.94. The van der Waals surface area contributed by atoms with Gasteiger partial charge in [0.1, 0.15) is 0 Å². The molecule has 0 saturated carbocycles. The molecule has 2 aromatic heterocycles. The summed E-state index contributed by atoms with van der Waals surface area (Å²) >= 11 is 7.16. The van der Waals surface area contributed by atoms with Crippen LogP contribution >= 0.6 is 22.9 Å². The number of halogens is 1. The van der Waals surface area contributed by atoms with E-state index >= 15 is 0 Å². The Balaban J connectivity index is 2.57. The Bertz CT molecular complexity index is 604. The number of aromatic amines is 1. The summed E-state index contributed by atoms with van der Waals surface area (Å²) in [4.78, 5) is 19.2. The second kappa shape index (κ2) is 4.50. The van der Waals surface area contributed by atoms with E-state index in [4.69, 9.17) is 11.6 Å². The van der Waals surface area contributed by atoms with E-state index in [1.165, 1.54) is 11.3 Å². The van der Waals surface area contributed by atoms with Crippen LogP contribution in [-0.2, 0) is 0 Å². The third-order valence-corrected chi connectivity index (χ3v) is 3.60. The van der Waals surface area contributed by atoms with Gasteiger partial charge >= 0.3 is 0 Å². The van der Waals surface area contributed by atoms with Gasteiger partial charge in [0.2, 0.25) is 5.88 Å². The van der Waals surface area contributed by atoms with Crippen molar-refractivity contribution in [2.45, 2.75) is 19.8 Å². The van der Waals surface area contributed by atoms with Gasteiger partial charge in [-0.2, -0.15) is 4.98 Å². The Labute approximate surface area is 107 Å². The molecule has 0 amide bonds. The molecule has 0 spiro atoms. The van der Waals surface area contributed by atoms with Crippen LogP contribution in [0.2, 0.25) is 5.02 Å². The summed E-state index contributed by atoms with van der Waals surface area (Å²) < 4.78 is 0. The van der Waals surface area contributed by atoms with Crippen LogP contribution in [-0.4, -0.2) is 15.1 Å². The van der Waals surface area contributed by atoms with Gasteiger partial charge < -0.3 is 10.1 Å². The highest BCUT2D eigenvalue weighted by molar-refractivity contribution is 7.14. The van der Waals surface area contributed by atoms with Crippen molar-refractivity contribution in [2.24, 2.45) is 0 Å². The van der Waals surface area contributed by atoms with Crippen molar-refractivity contribution < 1.29 is 5.11 Å². The quantitative estimate of drug-likeness (QED) is 0.882. The molecule has 0 fully saturated rings. The Morgan fingerprint density at radius 2 is 2.24 bits per heavy atom. The Kier molecular flexibility index (Phi) is 3.22. The third kappa shape index (κ3) is 2.35. The van der Waals surface area contributed by atoms with Crippen molar-refractivity contribution in [2.75, 3.05) is 0 Å². The Morgan fingerprint density at radius 3 is 2.71 bits per heavy atom. The van der Waals surface area contributed by atoms with Crippen LogP contribution in [0.1, 0.15) is 25.3 Å². The predicted molar refractivity (Wildman–Crippen MR) is 68.9 cm³/mol. The SMILES string of the molecule is CC(C)c1c(O)nc(-c2cc(Cl)cs2)[nH]c1=O. The smallest absolute Gasteiger partial charge is 0.258 e. The zero-order chi connectivity index (χ0) is 12.6. The van der Waals surface area contributed by atoms with E-state index in [-0.39, 0.29) is 17.4 Å². The first-order valence-electron chi connectivity index (χ1n) is 5.06. The fourth-order valence-corrected chi connectivity index (χ4v) is 2.56. The average Bonchev–Trinajstić information content (AvgIpc) is 2.63. The van der Waals surface area contributed by atoms with Crippen LogP contribution in [0.3, 0.4) is 0 Å². The molecule has 0 bridgehead atoms. The van der Waals surface area contributed by atoms with Crippen LogP contribution in [0.25, 0.3) is 10.7 Å². The molecule has 90 valence electrons. The van der Waals surface area contributed by atoms with Gasteiger partial charge in [0.15, 0.2) is 5.82 Å². The molecular formula is C11H11ClN2O2S. The van der Waals surface area contributed by atoms with E-state index in [1.807, 2.05) is 13.8 Å². The molecule has 2 heterocycles. The molecule has 0 saturated heterocycles. The summed E-state index contributed by atoms with van der Waals surface area (Å²) in [6.45, 7) is 3.65. The van der Waals surface area contributed by atoms with Crippen molar-refractivity contribution in [3.63, 3.8) is 0 Å². The van der Waals surface area contributed by atoms with Crippen LogP contribution in [0.4, 0.5) is 0 Å². The highest BCUT2D eigenvalue weighted by atomic mass is 35.5. The number of rotatable bonds is 2. The van der Waals surface area contributed by atoms with Crippen molar-refractivity contribution in [1.29, 1.82) is 0 Å². The second-order valence-corrected chi connectivity index (χ2v) is 5.28. The fraction of sp³-hybridized carbons (Fsp3) is 0.273. The topological polar surface area (TPSA) is 66.0 Å². The zero-order valence-corrected chi connectivity index (χ0v) is 10.9. The molecule has 0 aliphatic heterocycles. The molecule has 0 aliphatic carbocycles. The maximum atomic E-state index is 11.8. The van der Waals surface area contributed by atoms with Crippen molar-refractivity contribution in [3.8, 4) is 16.6 Å². The van der Waals surface area contributed by atoms with Crippen molar-refractivity contribution in [1.82, 2.24) is 9.97 Å². The highest BCUT2D eigenvalue weighted by Crippen LogP contribution is 2.28. The number of nitrogens with one attached hydrogen (secondary N) is 1. The maximum Gasteiger partial charge on any atom is 0.258 e. The number of thiophene rings is 1. The molecule has 0 unspecified atom stereocenters. The van der Waals surface area contributed by atoms with Gasteiger partial charge in [0, 0.05) is 5.38 Å². The van der Waals surface area contributed by atoms with Gasteiger partial charge in [0.25, 0.3) is 5.56 Å². The fourth-order valence-electron chi connectivity index (χ4n) is 1.54. The van der Waals surface area contributed by atoms with Gasteiger partial charge in [0.05, 0.1) is 15.5 Å². The van der Waals surface area contributed by atoms with Gasteiger partial charge in [-0.05, 0) is 12.0 Å². The van der Waals surface area contributed by atoms with E-state index in [9.17, 15) is 9.90 Å². The average molecular weight is 271 g/mol. The zero-order valence-electron chi connectivity index (χ0n) is 9.32. The van der Waals surface area contributed by atoms with Crippen molar-refractivity contribution in [3.05, 3.63) is 32.4 Å². The monoisotopic (exact) mass is 270 g/mol.